The zero-order chi connectivity index (χ0) is 15.2. The van der Waals surface area contributed by atoms with Crippen molar-refractivity contribution < 1.29 is 19.1 Å². The molecular weight excluding hydrogens is 270 g/mol. The molecule has 0 aromatic heterocycles. The van der Waals surface area contributed by atoms with E-state index >= 15 is 0 Å². The first-order valence-corrected chi connectivity index (χ1v) is 7.27. The molecule has 0 aliphatic heterocycles. The summed E-state index contributed by atoms with van der Waals surface area (Å²) in [6.07, 6.45) is 5.65. The van der Waals surface area contributed by atoms with Gasteiger partial charge in [-0.1, -0.05) is 19.3 Å². The first-order chi connectivity index (χ1) is 10.1. The molecule has 0 bridgehead atoms. The molecule has 1 amide bonds. The first kappa shape index (κ1) is 15.4. The van der Waals surface area contributed by atoms with Gasteiger partial charge in [-0.05, 0) is 31.0 Å². The summed E-state index contributed by atoms with van der Waals surface area (Å²) in [5.41, 5.74) is 0.508. The Morgan fingerprint density at radius 3 is 2.48 bits per heavy atom. The van der Waals surface area contributed by atoms with Crippen LogP contribution in [0.3, 0.4) is 0 Å². The van der Waals surface area contributed by atoms with Crippen molar-refractivity contribution in [2.75, 3.05) is 7.11 Å². The molecule has 21 heavy (non-hydrogen) atoms. The predicted molar refractivity (Wildman–Crippen MR) is 78.6 cm³/mol. The Bertz CT molecular complexity index is 521. The maximum Gasteiger partial charge on any atom is 0.308 e. The number of hydrogen-bond acceptors (Lipinski definition) is 4. The van der Waals surface area contributed by atoms with Gasteiger partial charge in [0.15, 0.2) is 11.5 Å². The highest BCUT2D eigenvalue weighted by Gasteiger charge is 2.18. The third-order valence-corrected chi connectivity index (χ3v) is 3.62. The standard InChI is InChI=1S/C16H21NO4/c1-11(18)21-14-9-8-12(10-15(14)20-2)16(19)17-13-6-4-3-5-7-13/h8-10,13H,3-7H2,1-2H3,(H,17,19). The van der Waals surface area contributed by atoms with Gasteiger partial charge in [0.2, 0.25) is 0 Å². The van der Waals surface area contributed by atoms with Crippen LogP contribution >= 0.6 is 0 Å². The summed E-state index contributed by atoms with van der Waals surface area (Å²) in [5, 5.41) is 3.04. The number of carbonyl (C=O) groups excluding carboxylic acids is 2. The monoisotopic (exact) mass is 291 g/mol. The van der Waals surface area contributed by atoms with E-state index in [1.165, 1.54) is 33.3 Å². The summed E-state index contributed by atoms with van der Waals surface area (Å²) in [6, 6.07) is 5.07. The average molecular weight is 291 g/mol. The van der Waals surface area contributed by atoms with Gasteiger partial charge in [0, 0.05) is 18.5 Å². The smallest absolute Gasteiger partial charge is 0.308 e. The minimum absolute atomic E-state index is 0.116. The van der Waals surface area contributed by atoms with Crippen LogP contribution in [0, 0.1) is 0 Å². The van der Waals surface area contributed by atoms with Crippen LogP contribution in [0.2, 0.25) is 0 Å². The molecule has 5 nitrogen and oxygen atoms in total. The van der Waals surface area contributed by atoms with E-state index in [-0.39, 0.29) is 11.9 Å². The van der Waals surface area contributed by atoms with Gasteiger partial charge in [-0.3, -0.25) is 9.59 Å². The molecule has 1 saturated carbocycles. The van der Waals surface area contributed by atoms with Gasteiger partial charge in [0.05, 0.1) is 7.11 Å². The second-order valence-electron chi connectivity index (χ2n) is 5.27. The zero-order valence-corrected chi connectivity index (χ0v) is 12.5. The highest BCUT2D eigenvalue weighted by Crippen LogP contribution is 2.28. The summed E-state index contributed by atoms with van der Waals surface area (Å²) < 4.78 is 10.2. The number of rotatable bonds is 4. The Balaban J connectivity index is 2.08. The van der Waals surface area contributed by atoms with Crippen LogP contribution in [-0.2, 0) is 4.79 Å². The van der Waals surface area contributed by atoms with Crippen molar-refractivity contribution in [1.82, 2.24) is 5.32 Å². The number of carbonyl (C=O) groups is 2. The van der Waals surface area contributed by atoms with Gasteiger partial charge in [-0.2, -0.15) is 0 Å². The third kappa shape index (κ3) is 4.21. The SMILES string of the molecule is COc1cc(C(=O)NC2CCCCC2)ccc1OC(C)=O. The Hall–Kier alpha value is -2.04. The maximum atomic E-state index is 12.2. The van der Waals surface area contributed by atoms with Crippen molar-refractivity contribution in [2.45, 2.75) is 45.1 Å². The average Bonchev–Trinajstić information content (AvgIpc) is 2.48. The molecule has 0 spiro atoms. The van der Waals surface area contributed by atoms with Crippen molar-refractivity contribution in [3.05, 3.63) is 23.8 Å². The third-order valence-electron chi connectivity index (χ3n) is 3.62. The molecular formula is C16H21NO4. The zero-order valence-electron chi connectivity index (χ0n) is 12.5. The highest BCUT2D eigenvalue weighted by molar-refractivity contribution is 5.95. The van der Waals surface area contributed by atoms with E-state index in [0.717, 1.165) is 12.8 Å². The molecule has 0 saturated heterocycles. The number of esters is 1. The molecule has 114 valence electrons. The summed E-state index contributed by atoms with van der Waals surface area (Å²) in [7, 11) is 1.48. The van der Waals surface area contributed by atoms with E-state index in [1.807, 2.05) is 0 Å². The van der Waals surface area contributed by atoms with Gasteiger partial charge >= 0.3 is 5.97 Å². The fourth-order valence-electron chi connectivity index (χ4n) is 2.56. The summed E-state index contributed by atoms with van der Waals surface area (Å²) >= 11 is 0. The topological polar surface area (TPSA) is 64.6 Å². The van der Waals surface area contributed by atoms with Gasteiger partial charge in [-0.25, -0.2) is 0 Å². The Labute approximate surface area is 124 Å². The van der Waals surface area contributed by atoms with Crippen LogP contribution in [0.15, 0.2) is 18.2 Å². The van der Waals surface area contributed by atoms with E-state index in [4.69, 9.17) is 9.47 Å². The molecule has 1 N–H and O–H groups in total. The molecule has 1 aliphatic carbocycles. The van der Waals surface area contributed by atoms with Crippen LogP contribution in [0.25, 0.3) is 0 Å². The number of hydrogen-bond donors (Lipinski definition) is 1. The molecule has 0 heterocycles. The van der Waals surface area contributed by atoms with E-state index in [0.29, 0.717) is 17.1 Å². The second-order valence-corrected chi connectivity index (χ2v) is 5.27. The van der Waals surface area contributed by atoms with Crippen LogP contribution < -0.4 is 14.8 Å². The molecule has 1 aromatic carbocycles. The van der Waals surface area contributed by atoms with Crippen LogP contribution in [0.1, 0.15) is 49.4 Å². The van der Waals surface area contributed by atoms with Crippen molar-refractivity contribution >= 4 is 11.9 Å². The summed E-state index contributed by atoms with van der Waals surface area (Å²) in [6.45, 7) is 1.32. The van der Waals surface area contributed by atoms with E-state index in [2.05, 4.69) is 5.32 Å². The van der Waals surface area contributed by atoms with Gasteiger partial charge in [-0.15, -0.1) is 0 Å². The normalized spacial score (nSPS) is 15.3. The molecule has 0 radical (unpaired) electrons. The lowest BCUT2D eigenvalue weighted by Crippen LogP contribution is -2.36. The maximum absolute atomic E-state index is 12.2. The quantitative estimate of drug-likeness (QED) is 0.684. The fourth-order valence-corrected chi connectivity index (χ4v) is 2.56. The van der Waals surface area contributed by atoms with Crippen molar-refractivity contribution in [3.8, 4) is 11.5 Å². The molecule has 1 aromatic rings. The van der Waals surface area contributed by atoms with Gasteiger partial charge in [0.25, 0.3) is 5.91 Å². The summed E-state index contributed by atoms with van der Waals surface area (Å²) in [5.74, 6) is 0.156. The molecule has 1 aliphatic rings. The Morgan fingerprint density at radius 2 is 1.86 bits per heavy atom. The second kappa shape index (κ2) is 7.11. The minimum Gasteiger partial charge on any atom is -0.493 e. The lowest BCUT2D eigenvalue weighted by Gasteiger charge is -2.22. The number of amides is 1. The molecule has 5 heteroatoms. The molecule has 1 fully saturated rings. The lowest BCUT2D eigenvalue weighted by atomic mass is 9.95. The Kier molecular flexibility index (Phi) is 5.20. The number of methoxy groups -OCH3 is 1. The van der Waals surface area contributed by atoms with Gasteiger partial charge in [0.1, 0.15) is 0 Å². The molecule has 0 unspecified atom stereocenters. The minimum atomic E-state index is -0.423. The lowest BCUT2D eigenvalue weighted by molar-refractivity contribution is -0.132. The number of benzene rings is 1. The first-order valence-electron chi connectivity index (χ1n) is 7.27. The fraction of sp³-hybridized carbons (Fsp3) is 0.500. The van der Waals surface area contributed by atoms with Gasteiger partial charge < -0.3 is 14.8 Å². The summed E-state index contributed by atoms with van der Waals surface area (Å²) in [4.78, 5) is 23.2. The highest BCUT2D eigenvalue weighted by atomic mass is 16.6. The van der Waals surface area contributed by atoms with Crippen molar-refractivity contribution in [1.29, 1.82) is 0 Å². The van der Waals surface area contributed by atoms with E-state index < -0.39 is 5.97 Å². The molecule has 2 rings (SSSR count). The van der Waals surface area contributed by atoms with Crippen molar-refractivity contribution in [2.24, 2.45) is 0 Å². The van der Waals surface area contributed by atoms with Crippen LogP contribution in [0.4, 0.5) is 0 Å². The van der Waals surface area contributed by atoms with E-state index in [1.54, 1.807) is 18.2 Å². The van der Waals surface area contributed by atoms with Crippen LogP contribution in [0.5, 0.6) is 11.5 Å². The van der Waals surface area contributed by atoms with Crippen molar-refractivity contribution in [3.63, 3.8) is 0 Å². The molecule has 0 atom stereocenters. The number of ether oxygens (including phenoxy) is 2. The van der Waals surface area contributed by atoms with Crippen LogP contribution in [-0.4, -0.2) is 25.0 Å². The Morgan fingerprint density at radius 1 is 1.14 bits per heavy atom. The number of nitrogens with one attached hydrogen (secondary N) is 1. The largest absolute Gasteiger partial charge is 0.493 e. The predicted octanol–water partition coefficient (Wildman–Crippen LogP) is 2.68. The van der Waals surface area contributed by atoms with E-state index in [9.17, 15) is 9.59 Å².